The van der Waals surface area contributed by atoms with E-state index >= 15 is 0 Å². The van der Waals surface area contributed by atoms with Crippen LogP contribution in [0.3, 0.4) is 0 Å². The number of hydrogen-bond acceptors (Lipinski definition) is 3. The minimum Gasteiger partial charge on any atom is -0.489 e. The van der Waals surface area contributed by atoms with Crippen molar-refractivity contribution in [1.29, 1.82) is 0 Å². The Labute approximate surface area is 112 Å². The SMILES string of the molecule is C=CCNCC(=O)N(C)CCOc1ccccc1F. The number of amides is 1. The topological polar surface area (TPSA) is 41.6 Å². The molecule has 0 heterocycles. The first kappa shape index (κ1) is 15.2. The zero-order valence-corrected chi connectivity index (χ0v) is 11.1. The number of rotatable bonds is 8. The van der Waals surface area contributed by atoms with Crippen molar-refractivity contribution < 1.29 is 13.9 Å². The molecule has 1 N–H and O–H groups in total. The highest BCUT2D eigenvalue weighted by Gasteiger charge is 2.08. The monoisotopic (exact) mass is 266 g/mol. The van der Waals surface area contributed by atoms with Crippen molar-refractivity contribution in [2.45, 2.75) is 0 Å². The maximum atomic E-state index is 13.3. The van der Waals surface area contributed by atoms with E-state index in [9.17, 15) is 9.18 Å². The lowest BCUT2D eigenvalue weighted by Gasteiger charge is -2.17. The summed E-state index contributed by atoms with van der Waals surface area (Å²) < 4.78 is 18.5. The van der Waals surface area contributed by atoms with Gasteiger partial charge in [0.2, 0.25) is 5.91 Å². The van der Waals surface area contributed by atoms with Gasteiger partial charge in [-0.15, -0.1) is 6.58 Å². The number of para-hydroxylation sites is 1. The van der Waals surface area contributed by atoms with Crippen LogP contribution < -0.4 is 10.1 Å². The standard InChI is InChI=1S/C14H19FN2O2/c1-3-8-16-11-14(18)17(2)9-10-19-13-7-5-4-6-12(13)15/h3-7,16H,1,8-11H2,2H3. The van der Waals surface area contributed by atoms with Crippen molar-refractivity contribution in [1.82, 2.24) is 10.2 Å². The molecule has 1 rings (SSSR count). The van der Waals surface area contributed by atoms with Gasteiger partial charge in [-0.1, -0.05) is 18.2 Å². The van der Waals surface area contributed by atoms with Gasteiger partial charge in [-0.25, -0.2) is 4.39 Å². The van der Waals surface area contributed by atoms with E-state index in [1.54, 1.807) is 31.3 Å². The number of hydrogen-bond donors (Lipinski definition) is 1. The van der Waals surface area contributed by atoms with E-state index in [0.717, 1.165) is 0 Å². The first-order chi connectivity index (χ1) is 9.15. The molecule has 1 aromatic carbocycles. The molecular formula is C14H19FN2O2. The second-order valence-corrected chi connectivity index (χ2v) is 4.01. The molecule has 0 aromatic heterocycles. The normalized spacial score (nSPS) is 10.0. The van der Waals surface area contributed by atoms with E-state index in [-0.39, 0.29) is 24.8 Å². The number of ether oxygens (including phenoxy) is 1. The second kappa shape index (κ2) is 8.26. The highest BCUT2D eigenvalue weighted by Crippen LogP contribution is 2.14. The zero-order valence-electron chi connectivity index (χ0n) is 11.1. The van der Waals surface area contributed by atoms with Gasteiger partial charge in [0.15, 0.2) is 11.6 Å². The third-order valence-corrected chi connectivity index (χ3v) is 2.51. The number of carbonyl (C=O) groups is 1. The fourth-order valence-electron chi connectivity index (χ4n) is 1.40. The van der Waals surface area contributed by atoms with Crippen LogP contribution in [0, 0.1) is 5.82 Å². The molecule has 0 fully saturated rings. The lowest BCUT2D eigenvalue weighted by atomic mass is 10.3. The Balaban J connectivity index is 2.26. The van der Waals surface area contributed by atoms with E-state index in [4.69, 9.17) is 4.74 Å². The Hall–Kier alpha value is -1.88. The Bertz CT molecular complexity index is 424. The van der Waals surface area contributed by atoms with Crippen LogP contribution in [-0.4, -0.2) is 44.1 Å². The predicted molar refractivity (Wildman–Crippen MR) is 72.6 cm³/mol. The molecule has 0 radical (unpaired) electrons. The van der Waals surface area contributed by atoms with Crippen LogP contribution in [0.5, 0.6) is 5.75 Å². The number of nitrogens with one attached hydrogen (secondary N) is 1. The summed E-state index contributed by atoms with van der Waals surface area (Å²) in [7, 11) is 1.68. The largest absolute Gasteiger partial charge is 0.489 e. The second-order valence-electron chi connectivity index (χ2n) is 4.01. The minimum atomic E-state index is -0.399. The van der Waals surface area contributed by atoms with Crippen LogP contribution in [0.4, 0.5) is 4.39 Å². The van der Waals surface area contributed by atoms with E-state index < -0.39 is 5.82 Å². The molecule has 5 heteroatoms. The summed E-state index contributed by atoms with van der Waals surface area (Å²) in [5.41, 5.74) is 0. The molecule has 0 saturated carbocycles. The lowest BCUT2D eigenvalue weighted by molar-refractivity contribution is -0.129. The molecule has 1 amide bonds. The van der Waals surface area contributed by atoms with Crippen LogP contribution in [0.25, 0.3) is 0 Å². The predicted octanol–water partition coefficient (Wildman–Crippen LogP) is 1.44. The summed E-state index contributed by atoms with van der Waals surface area (Å²) in [6, 6.07) is 6.20. The smallest absolute Gasteiger partial charge is 0.236 e. The number of halogens is 1. The highest BCUT2D eigenvalue weighted by molar-refractivity contribution is 5.77. The third-order valence-electron chi connectivity index (χ3n) is 2.51. The number of benzene rings is 1. The van der Waals surface area contributed by atoms with Crippen molar-refractivity contribution in [2.75, 3.05) is 33.3 Å². The van der Waals surface area contributed by atoms with Crippen molar-refractivity contribution >= 4 is 5.91 Å². The summed E-state index contributed by atoms with van der Waals surface area (Å²) in [5.74, 6) is -0.240. The van der Waals surface area contributed by atoms with E-state index in [1.807, 2.05) is 0 Å². The van der Waals surface area contributed by atoms with Gasteiger partial charge in [-0.2, -0.15) is 0 Å². The van der Waals surface area contributed by atoms with Gasteiger partial charge in [0.05, 0.1) is 13.1 Å². The Morgan fingerprint density at radius 3 is 2.95 bits per heavy atom. The van der Waals surface area contributed by atoms with Crippen LogP contribution in [0.15, 0.2) is 36.9 Å². The molecule has 1 aromatic rings. The molecule has 0 aliphatic carbocycles. The maximum Gasteiger partial charge on any atom is 0.236 e. The minimum absolute atomic E-state index is 0.0426. The average molecular weight is 266 g/mol. The van der Waals surface area contributed by atoms with Crippen LogP contribution in [0.1, 0.15) is 0 Å². The lowest BCUT2D eigenvalue weighted by Crippen LogP contribution is -2.37. The fourth-order valence-corrected chi connectivity index (χ4v) is 1.40. The quantitative estimate of drug-likeness (QED) is 0.572. The molecule has 0 bridgehead atoms. The van der Waals surface area contributed by atoms with Crippen molar-refractivity contribution in [3.8, 4) is 5.75 Å². The van der Waals surface area contributed by atoms with Crippen molar-refractivity contribution in [3.63, 3.8) is 0 Å². The summed E-state index contributed by atoms with van der Waals surface area (Å²) in [4.78, 5) is 13.2. The van der Waals surface area contributed by atoms with E-state index in [1.165, 1.54) is 11.0 Å². The van der Waals surface area contributed by atoms with Crippen molar-refractivity contribution in [3.05, 3.63) is 42.7 Å². The molecule has 4 nitrogen and oxygen atoms in total. The van der Waals surface area contributed by atoms with Gasteiger partial charge in [0.1, 0.15) is 6.61 Å². The van der Waals surface area contributed by atoms with E-state index in [2.05, 4.69) is 11.9 Å². The summed E-state index contributed by atoms with van der Waals surface area (Å²) in [5, 5.41) is 2.92. The maximum absolute atomic E-state index is 13.3. The van der Waals surface area contributed by atoms with Crippen LogP contribution in [0.2, 0.25) is 0 Å². The Kier molecular flexibility index (Phi) is 6.60. The fraction of sp³-hybridized carbons (Fsp3) is 0.357. The summed E-state index contributed by atoms with van der Waals surface area (Å²) >= 11 is 0. The molecule has 19 heavy (non-hydrogen) atoms. The van der Waals surface area contributed by atoms with Gasteiger partial charge in [0, 0.05) is 13.6 Å². The number of likely N-dealkylation sites (N-methyl/N-ethyl adjacent to an activating group) is 1. The molecule has 0 aliphatic rings. The molecule has 0 saturated heterocycles. The first-order valence-electron chi connectivity index (χ1n) is 6.08. The van der Waals surface area contributed by atoms with Crippen molar-refractivity contribution in [2.24, 2.45) is 0 Å². The van der Waals surface area contributed by atoms with Gasteiger partial charge in [0.25, 0.3) is 0 Å². The number of nitrogens with zero attached hydrogens (tertiary/aromatic N) is 1. The molecule has 104 valence electrons. The molecule has 0 aliphatic heterocycles. The summed E-state index contributed by atoms with van der Waals surface area (Å²) in [6.07, 6.45) is 1.69. The zero-order chi connectivity index (χ0) is 14.1. The Morgan fingerprint density at radius 1 is 1.53 bits per heavy atom. The number of carbonyl (C=O) groups excluding carboxylic acids is 1. The highest BCUT2D eigenvalue weighted by atomic mass is 19.1. The molecular weight excluding hydrogens is 247 g/mol. The molecule has 0 unspecified atom stereocenters. The summed E-state index contributed by atoms with van der Waals surface area (Å²) in [6.45, 7) is 5.05. The van der Waals surface area contributed by atoms with Gasteiger partial charge in [-0.3, -0.25) is 4.79 Å². The van der Waals surface area contributed by atoms with Crippen LogP contribution in [-0.2, 0) is 4.79 Å². The van der Waals surface area contributed by atoms with E-state index in [0.29, 0.717) is 13.1 Å². The van der Waals surface area contributed by atoms with Gasteiger partial charge in [-0.05, 0) is 12.1 Å². The molecule has 0 spiro atoms. The molecule has 0 atom stereocenters. The Morgan fingerprint density at radius 2 is 2.26 bits per heavy atom. The van der Waals surface area contributed by atoms with Gasteiger partial charge >= 0.3 is 0 Å². The third kappa shape index (κ3) is 5.52. The average Bonchev–Trinajstić information content (AvgIpc) is 2.41. The van der Waals surface area contributed by atoms with Crippen LogP contribution >= 0.6 is 0 Å². The first-order valence-corrected chi connectivity index (χ1v) is 6.08. The van der Waals surface area contributed by atoms with Gasteiger partial charge < -0.3 is 15.0 Å².